The van der Waals surface area contributed by atoms with Crippen LogP contribution in [-0.4, -0.2) is 69.3 Å². The molecule has 0 aromatic heterocycles. The average Bonchev–Trinajstić information content (AvgIpc) is 2.44. The van der Waals surface area contributed by atoms with E-state index in [1.165, 1.54) is 0 Å². The molecule has 0 heterocycles. The molecule has 2 atom stereocenters. The van der Waals surface area contributed by atoms with Gasteiger partial charge in [0.05, 0.1) is 31.8 Å². The first kappa shape index (κ1) is 19.8. The number of nitrogens with one attached hydrogen (secondary N) is 1. The predicted octanol–water partition coefficient (Wildman–Crippen LogP) is -0.404. The van der Waals surface area contributed by atoms with Crippen molar-refractivity contribution in [3.8, 4) is 0 Å². The Morgan fingerprint density at radius 2 is 1.81 bits per heavy atom. The third-order valence-corrected chi connectivity index (χ3v) is 3.23. The number of ether oxygens (including phenoxy) is 2. The van der Waals surface area contributed by atoms with Gasteiger partial charge >= 0.3 is 0 Å². The third-order valence-electron chi connectivity index (χ3n) is 3.23. The molecule has 0 rings (SSSR count). The van der Waals surface area contributed by atoms with Gasteiger partial charge in [-0.25, -0.2) is 0 Å². The first-order valence-corrected chi connectivity index (χ1v) is 7.15. The molecule has 0 aliphatic rings. The number of rotatable bonds is 10. The maximum absolute atomic E-state index is 12.2. The molecule has 1 unspecified atom stereocenters. The monoisotopic (exact) mass is 303 g/mol. The number of amides is 2. The Kier molecular flexibility index (Phi) is 9.94. The fraction of sp³-hybridized carbons (Fsp3) is 0.857. The molecular formula is C14H29N3O4. The Morgan fingerprint density at radius 1 is 1.19 bits per heavy atom. The number of methoxy groups -OCH3 is 2. The highest BCUT2D eigenvalue weighted by Gasteiger charge is 2.22. The van der Waals surface area contributed by atoms with Gasteiger partial charge in [-0.05, 0) is 12.8 Å². The van der Waals surface area contributed by atoms with Crippen molar-refractivity contribution in [1.29, 1.82) is 0 Å². The lowest BCUT2D eigenvalue weighted by atomic mass is 10.1. The van der Waals surface area contributed by atoms with Crippen LogP contribution in [0.15, 0.2) is 0 Å². The van der Waals surface area contributed by atoms with Gasteiger partial charge in [0.25, 0.3) is 0 Å². The molecule has 21 heavy (non-hydrogen) atoms. The second-order valence-corrected chi connectivity index (χ2v) is 5.37. The van der Waals surface area contributed by atoms with Crippen LogP contribution in [0.4, 0.5) is 0 Å². The van der Waals surface area contributed by atoms with Gasteiger partial charge in [0.1, 0.15) is 0 Å². The molecule has 0 bridgehead atoms. The van der Waals surface area contributed by atoms with Crippen LogP contribution >= 0.6 is 0 Å². The van der Waals surface area contributed by atoms with E-state index in [9.17, 15) is 9.59 Å². The standard InChI is InChI=1S/C14H29N3O4/c1-10(2)13(15)14(19)16-8-12(18)17(6-7-20-4)11(3)9-21-5/h10-11,13H,6-9,15H2,1-5H3,(H,16,19)/t11?,13-/m0/s1. The highest BCUT2D eigenvalue weighted by atomic mass is 16.5. The van der Waals surface area contributed by atoms with Crippen LogP contribution in [0.5, 0.6) is 0 Å². The summed E-state index contributed by atoms with van der Waals surface area (Å²) in [5.41, 5.74) is 5.73. The molecule has 2 amide bonds. The molecule has 0 saturated heterocycles. The zero-order valence-corrected chi connectivity index (χ0v) is 13.7. The van der Waals surface area contributed by atoms with E-state index in [1.807, 2.05) is 20.8 Å². The molecule has 0 saturated carbocycles. The van der Waals surface area contributed by atoms with Crippen LogP contribution in [0.3, 0.4) is 0 Å². The van der Waals surface area contributed by atoms with Crippen LogP contribution < -0.4 is 11.1 Å². The molecule has 3 N–H and O–H groups in total. The average molecular weight is 303 g/mol. The maximum Gasteiger partial charge on any atom is 0.242 e. The predicted molar refractivity (Wildman–Crippen MR) is 80.8 cm³/mol. The molecule has 0 fully saturated rings. The topological polar surface area (TPSA) is 93.9 Å². The minimum Gasteiger partial charge on any atom is -0.383 e. The van der Waals surface area contributed by atoms with Crippen LogP contribution in [0.1, 0.15) is 20.8 Å². The van der Waals surface area contributed by atoms with E-state index < -0.39 is 6.04 Å². The first-order valence-electron chi connectivity index (χ1n) is 7.15. The van der Waals surface area contributed by atoms with Crippen molar-refractivity contribution in [2.24, 2.45) is 11.7 Å². The van der Waals surface area contributed by atoms with Gasteiger partial charge in [-0.2, -0.15) is 0 Å². The number of nitrogens with zero attached hydrogens (tertiary/aromatic N) is 1. The van der Waals surface area contributed by atoms with E-state index in [0.717, 1.165) is 0 Å². The fourth-order valence-electron chi connectivity index (χ4n) is 1.80. The lowest BCUT2D eigenvalue weighted by molar-refractivity contribution is -0.136. The van der Waals surface area contributed by atoms with Gasteiger partial charge < -0.3 is 25.4 Å². The van der Waals surface area contributed by atoms with Crippen molar-refractivity contribution >= 4 is 11.8 Å². The number of carbonyl (C=O) groups is 2. The molecule has 7 heteroatoms. The summed E-state index contributed by atoms with van der Waals surface area (Å²) in [5.74, 6) is -0.470. The zero-order chi connectivity index (χ0) is 16.4. The number of hydrogen-bond acceptors (Lipinski definition) is 5. The molecule has 0 aliphatic carbocycles. The van der Waals surface area contributed by atoms with Crippen molar-refractivity contribution in [3.05, 3.63) is 0 Å². The second kappa shape index (κ2) is 10.5. The highest BCUT2D eigenvalue weighted by molar-refractivity contribution is 5.87. The van der Waals surface area contributed by atoms with E-state index >= 15 is 0 Å². The second-order valence-electron chi connectivity index (χ2n) is 5.37. The van der Waals surface area contributed by atoms with Crippen molar-refractivity contribution in [2.45, 2.75) is 32.9 Å². The number of carbonyl (C=O) groups excluding carboxylic acids is 2. The lowest BCUT2D eigenvalue weighted by Crippen LogP contribution is -2.50. The summed E-state index contributed by atoms with van der Waals surface area (Å²) in [7, 11) is 3.16. The van der Waals surface area contributed by atoms with Crippen molar-refractivity contribution in [2.75, 3.05) is 40.5 Å². The molecule has 0 aromatic carbocycles. The first-order chi connectivity index (χ1) is 9.84. The quantitative estimate of drug-likeness (QED) is 0.572. The molecular weight excluding hydrogens is 274 g/mol. The van der Waals surface area contributed by atoms with Gasteiger partial charge in [-0.3, -0.25) is 9.59 Å². The van der Waals surface area contributed by atoms with Crippen LogP contribution in [0, 0.1) is 5.92 Å². The minimum atomic E-state index is -0.610. The van der Waals surface area contributed by atoms with Gasteiger partial charge in [-0.15, -0.1) is 0 Å². The Hall–Kier alpha value is -1.18. The van der Waals surface area contributed by atoms with Gasteiger partial charge in [0, 0.05) is 20.8 Å². The molecule has 0 spiro atoms. The summed E-state index contributed by atoms with van der Waals surface area (Å²) < 4.78 is 10.1. The van der Waals surface area contributed by atoms with Crippen LogP contribution in [0.25, 0.3) is 0 Å². The van der Waals surface area contributed by atoms with E-state index in [0.29, 0.717) is 19.8 Å². The summed E-state index contributed by atoms with van der Waals surface area (Å²) in [6.45, 7) is 6.84. The normalized spacial score (nSPS) is 13.9. The molecule has 0 aromatic rings. The van der Waals surface area contributed by atoms with E-state index in [4.69, 9.17) is 15.2 Å². The van der Waals surface area contributed by atoms with E-state index in [1.54, 1.807) is 19.1 Å². The third kappa shape index (κ3) is 7.40. The molecule has 7 nitrogen and oxygen atoms in total. The summed E-state index contributed by atoms with van der Waals surface area (Å²) in [6, 6.07) is -0.699. The summed E-state index contributed by atoms with van der Waals surface area (Å²) >= 11 is 0. The zero-order valence-electron chi connectivity index (χ0n) is 13.7. The molecule has 0 radical (unpaired) electrons. The van der Waals surface area contributed by atoms with Crippen molar-refractivity contribution in [3.63, 3.8) is 0 Å². The largest absolute Gasteiger partial charge is 0.383 e. The summed E-state index contributed by atoms with van der Waals surface area (Å²) in [6.07, 6.45) is 0. The van der Waals surface area contributed by atoms with Crippen LogP contribution in [0.2, 0.25) is 0 Å². The Morgan fingerprint density at radius 3 is 2.29 bits per heavy atom. The van der Waals surface area contributed by atoms with Gasteiger partial charge in [-0.1, -0.05) is 13.8 Å². The summed E-state index contributed by atoms with van der Waals surface area (Å²) in [4.78, 5) is 25.6. The van der Waals surface area contributed by atoms with Gasteiger partial charge in [0.2, 0.25) is 11.8 Å². The summed E-state index contributed by atoms with van der Waals surface area (Å²) in [5, 5.41) is 2.58. The minimum absolute atomic E-state index is 0.0251. The highest BCUT2D eigenvalue weighted by Crippen LogP contribution is 2.01. The maximum atomic E-state index is 12.2. The Balaban J connectivity index is 4.49. The Labute approximate surface area is 127 Å². The fourth-order valence-corrected chi connectivity index (χ4v) is 1.80. The smallest absolute Gasteiger partial charge is 0.242 e. The lowest BCUT2D eigenvalue weighted by Gasteiger charge is -2.29. The molecule has 124 valence electrons. The number of hydrogen-bond donors (Lipinski definition) is 2. The van der Waals surface area contributed by atoms with E-state index in [-0.39, 0.29) is 30.3 Å². The van der Waals surface area contributed by atoms with Crippen molar-refractivity contribution < 1.29 is 19.1 Å². The van der Waals surface area contributed by atoms with Crippen LogP contribution in [-0.2, 0) is 19.1 Å². The Bertz CT molecular complexity index is 323. The molecule has 0 aliphatic heterocycles. The van der Waals surface area contributed by atoms with E-state index in [2.05, 4.69) is 5.32 Å². The van der Waals surface area contributed by atoms with Gasteiger partial charge in [0.15, 0.2) is 0 Å². The SMILES string of the molecule is COCCN(C(=O)CNC(=O)[C@@H](N)C(C)C)C(C)COC. The van der Waals surface area contributed by atoms with Crippen molar-refractivity contribution in [1.82, 2.24) is 10.2 Å². The number of nitrogens with two attached hydrogens (primary N) is 1.